The number of allylic oxidation sites excluding steroid dienone is 1. The topological polar surface area (TPSA) is 12.5 Å². The minimum absolute atomic E-state index is 0. The van der Waals surface area contributed by atoms with Crippen molar-refractivity contribution in [3.63, 3.8) is 0 Å². The molecule has 1 saturated heterocycles. The lowest BCUT2D eigenvalue weighted by Crippen LogP contribution is -2.40. The van der Waals surface area contributed by atoms with E-state index < -0.39 is 0 Å². The smallest absolute Gasteiger partial charge is 0.119 e. The Hall–Kier alpha value is -1.04. The van der Waals surface area contributed by atoms with E-state index in [4.69, 9.17) is 16.3 Å². The van der Waals surface area contributed by atoms with Crippen LogP contribution in [0, 0.1) is 23.7 Å². The Kier molecular flexibility index (Phi) is 11.3. The number of benzene rings is 2. The fourth-order valence-corrected chi connectivity index (χ4v) is 8.58. The second-order valence-corrected chi connectivity index (χ2v) is 13.5. The largest absolute Gasteiger partial charge is 0.494 e. The van der Waals surface area contributed by atoms with Crippen LogP contribution in [-0.4, -0.2) is 31.1 Å². The van der Waals surface area contributed by atoms with Gasteiger partial charge in [-0.25, -0.2) is 0 Å². The molecule has 2 aromatic rings. The van der Waals surface area contributed by atoms with E-state index in [0.29, 0.717) is 0 Å². The average molecular weight is 674 g/mol. The first-order chi connectivity index (χ1) is 19.2. The predicted molar refractivity (Wildman–Crippen MR) is 180 cm³/mol. The van der Waals surface area contributed by atoms with Crippen LogP contribution in [0.15, 0.2) is 54.1 Å². The molecule has 7 rings (SSSR count). The molecule has 4 aliphatic carbocycles. The van der Waals surface area contributed by atoms with Crippen molar-refractivity contribution in [1.82, 2.24) is 4.90 Å². The lowest BCUT2D eigenvalue weighted by Gasteiger charge is -2.52. The van der Waals surface area contributed by atoms with Gasteiger partial charge >= 0.3 is 0 Å². The first-order valence-corrected chi connectivity index (χ1v) is 16.6. The minimum Gasteiger partial charge on any atom is -0.494 e. The lowest BCUT2D eigenvalue weighted by molar-refractivity contribution is 0.0705. The highest BCUT2D eigenvalue weighted by atomic mass is 127. The molecule has 5 fully saturated rings. The van der Waals surface area contributed by atoms with Crippen LogP contribution < -0.4 is 4.74 Å². The number of halogens is 2. The van der Waals surface area contributed by atoms with E-state index >= 15 is 0 Å². The van der Waals surface area contributed by atoms with Crippen molar-refractivity contribution in [1.29, 1.82) is 0 Å². The molecule has 0 amide bonds. The molecule has 0 radical (unpaired) electrons. The van der Waals surface area contributed by atoms with Gasteiger partial charge in [0.15, 0.2) is 0 Å². The average Bonchev–Trinajstić information content (AvgIpc) is 3.22. The zero-order valence-electron chi connectivity index (χ0n) is 24.3. The van der Waals surface area contributed by atoms with Crippen LogP contribution in [0.1, 0.15) is 101 Å². The normalized spacial score (nSPS) is 25.9. The molecule has 0 spiro atoms. The number of hydrogen-bond donors (Lipinski definition) is 0. The van der Waals surface area contributed by atoms with Crippen LogP contribution in [0.3, 0.4) is 0 Å². The highest BCUT2D eigenvalue weighted by Gasteiger charge is 2.46. The highest BCUT2D eigenvalue weighted by molar-refractivity contribution is 14.0. The maximum absolute atomic E-state index is 6.29. The summed E-state index contributed by atoms with van der Waals surface area (Å²) < 4.78 is 6.18. The number of nitrogens with zero attached hydrogens (tertiary/aromatic N) is 1. The van der Waals surface area contributed by atoms with Crippen molar-refractivity contribution in [2.75, 3.05) is 26.2 Å². The van der Waals surface area contributed by atoms with E-state index in [1.807, 2.05) is 0 Å². The molecule has 4 bridgehead atoms. The Labute approximate surface area is 265 Å². The fraction of sp³-hybridized carbons (Fsp3) is 0.611. The predicted octanol–water partition coefficient (Wildman–Crippen LogP) is 10.4. The third kappa shape index (κ3) is 7.67. The fourth-order valence-electron chi connectivity index (χ4n) is 8.45. The molecule has 5 aliphatic rings. The molecule has 0 unspecified atom stereocenters. The van der Waals surface area contributed by atoms with Crippen molar-refractivity contribution in [3.8, 4) is 5.75 Å². The van der Waals surface area contributed by atoms with Crippen molar-refractivity contribution in [2.45, 2.75) is 89.9 Å². The van der Waals surface area contributed by atoms with Gasteiger partial charge in [-0.1, -0.05) is 73.5 Å². The zero-order valence-corrected chi connectivity index (χ0v) is 27.4. The Balaban J connectivity index is 0.00000323. The van der Waals surface area contributed by atoms with Gasteiger partial charge in [0, 0.05) is 5.02 Å². The summed E-state index contributed by atoms with van der Waals surface area (Å²) >= 11 is 6.29. The molecule has 0 N–H and O–H groups in total. The standard InChI is InChI=1S/C36H48ClNO.HI/c37-33-14-10-29(11-15-33)35(36-31-23-27-22-28(25-31)26-32(36)24-27)30-12-16-34(17-13-30)39-21-9-5-1-2-6-18-38-19-7-3-4-8-20-38;/h10-17,27-28,31-32H,1-9,18-26H2;1H. The maximum atomic E-state index is 6.29. The van der Waals surface area contributed by atoms with Gasteiger partial charge in [-0.15, -0.1) is 24.0 Å². The highest BCUT2D eigenvalue weighted by Crippen LogP contribution is 2.58. The molecular formula is C36H49ClINO. The van der Waals surface area contributed by atoms with Gasteiger partial charge in [0.1, 0.15) is 5.75 Å². The van der Waals surface area contributed by atoms with Crippen molar-refractivity contribution < 1.29 is 4.74 Å². The maximum Gasteiger partial charge on any atom is 0.119 e. The molecule has 2 nitrogen and oxygen atoms in total. The second kappa shape index (κ2) is 14.9. The Bertz CT molecular complexity index is 1060. The molecule has 4 saturated carbocycles. The molecule has 4 heteroatoms. The van der Waals surface area contributed by atoms with Crippen LogP contribution in [-0.2, 0) is 0 Å². The van der Waals surface area contributed by atoms with E-state index in [-0.39, 0.29) is 24.0 Å². The summed E-state index contributed by atoms with van der Waals surface area (Å²) in [7, 11) is 0. The molecule has 0 aromatic heterocycles. The van der Waals surface area contributed by atoms with Gasteiger partial charge in [0.2, 0.25) is 0 Å². The third-order valence-electron chi connectivity index (χ3n) is 10.2. The summed E-state index contributed by atoms with van der Waals surface area (Å²) in [6, 6.07) is 17.6. The summed E-state index contributed by atoms with van der Waals surface area (Å²) in [4.78, 5) is 2.69. The Morgan fingerprint density at radius 1 is 0.675 bits per heavy atom. The molecule has 0 atom stereocenters. The van der Waals surface area contributed by atoms with E-state index in [1.165, 1.54) is 120 Å². The van der Waals surface area contributed by atoms with Gasteiger partial charge in [0.05, 0.1) is 6.61 Å². The summed E-state index contributed by atoms with van der Waals surface area (Å²) in [6.45, 7) is 4.78. The Morgan fingerprint density at radius 3 is 1.85 bits per heavy atom. The van der Waals surface area contributed by atoms with Gasteiger partial charge < -0.3 is 9.64 Å². The number of likely N-dealkylation sites (tertiary alicyclic amines) is 1. The molecule has 1 heterocycles. The summed E-state index contributed by atoms with van der Waals surface area (Å²) in [5, 5.41) is 0.814. The molecule has 1 aliphatic heterocycles. The van der Waals surface area contributed by atoms with Crippen LogP contribution in [0.25, 0.3) is 5.57 Å². The van der Waals surface area contributed by atoms with Gasteiger partial charge in [0.25, 0.3) is 0 Å². The van der Waals surface area contributed by atoms with E-state index in [0.717, 1.165) is 47.5 Å². The SMILES string of the molecule is Clc1ccc(C(=C2C3CC4CC(C3)CC2C4)c2ccc(OCCCCCCCN3CCCCCC3)cc2)cc1.I. The third-order valence-corrected chi connectivity index (χ3v) is 10.4. The zero-order chi connectivity index (χ0) is 26.4. The summed E-state index contributed by atoms with van der Waals surface area (Å²) in [5.74, 6) is 4.49. The lowest BCUT2D eigenvalue weighted by atomic mass is 9.53. The quantitative estimate of drug-likeness (QED) is 0.174. The second-order valence-electron chi connectivity index (χ2n) is 13.0. The van der Waals surface area contributed by atoms with E-state index in [1.54, 1.807) is 5.57 Å². The molecular weight excluding hydrogens is 625 g/mol. The van der Waals surface area contributed by atoms with Crippen molar-refractivity contribution >= 4 is 41.2 Å². The first kappa shape index (κ1) is 30.4. The minimum atomic E-state index is 0. The summed E-state index contributed by atoms with van der Waals surface area (Å²) in [5.41, 5.74) is 5.89. The first-order valence-electron chi connectivity index (χ1n) is 16.2. The van der Waals surface area contributed by atoms with Crippen LogP contribution in [0.2, 0.25) is 5.02 Å². The van der Waals surface area contributed by atoms with E-state index in [2.05, 4.69) is 53.4 Å². The number of unbranched alkanes of at least 4 members (excludes halogenated alkanes) is 4. The monoisotopic (exact) mass is 673 g/mol. The van der Waals surface area contributed by atoms with Crippen LogP contribution in [0.5, 0.6) is 5.75 Å². The number of rotatable bonds is 11. The van der Waals surface area contributed by atoms with E-state index in [9.17, 15) is 0 Å². The Morgan fingerprint density at radius 2 is 1.23 bits per heavy atom. The van der Waals surface area contributed by atoms with Crippen molar-refractivity contribution in [3.05, 3.63) is 70.3 Å². The summed E-state index contributed by atoms with van der Waals surface area (Å²) in [6.07, 6.45) is 19.2. The number of ether oxygens (including phenoxy) is 1. The van der Waals surface area contributed by atoms with Gasteiger partial charge in [-0.2, -0.15) is 0 Å². The molecule has 2 aromatic carbocycles. The molecule has 40 heavy (non-hydrogen) atoms. The van der Waals surface area contributed by atoms with Crippen LogP contribution in [0.4, 0.5) is 0 Å². The van der Waals surface area contributed by atoms with Crippen LogP contribution >= 0.6 is 35.6 Å². The number of hydrogen-bond acceptors (Lipinski definition) is 2. The molecule has 218 valence electrons. The van der Waals surface area contributed by atoms with Gasteiger partial charge in [-0.05, 0) is 142 Å². The van der Waals surface area contributed by atoms with Gasteiger partial charge in [-0.3, -0.25) is 0 Å². The van der Waals surface area contributed by atoms with Crippen molar-refractivity contribution in [2.24, 2.45) is 23.7 Å².